The smallest absolute Gasteiger partial charge is 0.225 e. The van der Waals surface area contributed by atoms with Crippen molar-refractivity contribution in [2.24, 2.45) is 5.92 Å². The van der Waals surface area contributed by atoms with Gasteiger partial charge in [0.2, 0.25) is 5.91 Å². The molecule has 1 aromatic carbocycles. The first-order valence-corrected chi connectivity index (χ1v) is 10.3. The highest BCUT2D eigenvalue weighted by atomic mass is 16.5. The van der Waals surface area contributed by atoms with Crippen molar-refractivity contribution < 1.29 is 9.53 Å². The van der Waals surface area contributed by atoms with E-state index >= 15 is 0 Å². The lowest BCUT2D eigenvalue weighted by molar-refractivity contribution is -0.136. The molecule has 4 rings (SSSR count). The Morgan fingerprint density at radius 3 is 2.25 bits per heavy atom. The lowest BCUT2D eigenvalue weighted by Gasteiger charge is -2.37. The first kappa shape index (κ1) is 18.7. The van der Waals surface area contributed by atoms with Crippen LogP contribution in [0, 0.1) is 5.92 Å². The molecule has 0 unspecified atom stereocenters. The van der Waals surface area contributed by atoms with Crippen LogP contribution in [0.2, 0.25) is 0 Å². The second-order valence-electron chi connectivity index (χ2n) is 7.65. The number of ether oxygens (including phenoxy) is 1. The fraction of sp³-hybridized carbons (Fsp3) is 0.500. The summed E-state index contributed by atoms with van der Waals surface area (Å²) in [6.07, 6.45) is 5.82. The zero-order valence-electron chi connectivity index (χ0n) is 16.5. The number of hydrogen-bond donors (Lipinski definition) is 0. The summed E-state index contributed by atoms with van der Waals surface area (Å²) in [5.74, 6) is 2.32. The number of aromatic nitrogens is 2. The Morgan fingerprint density at radius 1 is 0.929 bits per heavy atom. The van der Waals surface area contributed by atoms with Crippen molar-refractivity contribution in [1.29, 1.82) is 0 Å². The minimum Gasteiger partial charge on any atom is -0.497 e. The standard InChI is InChI=1S/C22H28N4O2/c1-28-19-9-7-17(8-10-19)20-11-12-21(24-23-20)25-13-15-26(16-14-25)22(27)18-5-3-2-4-6-18/h7-12,18H,2-6,13-16H2,1H3. The van der Waals surface area contributed by atoms with Crippen LogP contribution in [-0.4, -0.2) is 54.3 Å². The van der Waals surface area contributed by atoms with Crippen molar-refractivity contribution in [2.75, 3.05) is 38.2 Å². The lowest BCUT2D eigenvalue weighted by Crippen LogP contribution is -2.50. The van der Waals surface area contributed by atoms with Gasteiger partial charge in [-0.05, 0) is 49.2 Å². The van der Waals surface area contributed by atoms with Gasteiger partial charge in [0.15, 0.2) is 5.82 Å². The Hall–Kier alpha value is -2.63. The van der Waals surface area contributed by atoms with Crippen LogP contribution < -0.4 is 9.64 Å². The van der Waals surface area contributed by atoms with Gasteiger partial charge in [0.05, 0.1) is 12.8 Å². The van der Waals surface area contributed by atoms with Crippen molar-refractivity contribution in [3.05, 3.63) is 36.4 Å². The molecule has 2 aliphatic rings. The van der Waals surface area contributed by atoms with Crippen LogP contribution in [0.5, 0.6) is 5.75 Å². The Kier molecular flexibility index (Phi) is 5.74. The highest BCUT2D eigenvalue weighted by molar-refractivity contribution is 5.79. The topological polar surface area (TPSA) is 58.6 Å². The normalized spacial score (nSPS) is 18.2. The van der Waals surface area contributed by atoms with E-state index in [9.17, 15) is 4.79 Å². The number of hydrogen-bond acceptors (Lipinski definition) is 5. The third-order valence-corrected chi connectivity index (χ3v) is 5.91. The number of benzene rings is 1. The maximum absolute atomic E-state index is 12.7. The van der Waals surface area contributed by atoms with Crippen molar-refractivity contribution in [3.8, 4) is 17.0 Å². The number of rotatable bonds is 4. The van der Waals surface area contributed by atoms with Gasteiger partial charge in [0, 0.05) is 37.7 Å². The molecule has 0 spiro atoms. The van der Waals surface area contributed by atoms with Gasteiger partial charge in [-0.2, -0.15) is 0 Å². The Morgan fingerprint density at radius 2 is 1.64 bits per heavy atom. The van der Waals surface area contributed by atoms with Gasteiger partial charge < -0.3 is 14.5 Å². The van der Waals surface area contributed by atoms with Crippen LogP contribution in [0.25, 0.3) is 11.3 Å². The highest BCUT2D eigenvalue weighted by Gasteiger charge is 2.28. The molecule has 0 atom stereocenters. The largest absolute Gasteiger partial charge is 0.497 e. The van der Waals surface area contributed by atoms with Crippen LogP contribution in [0.15, 0.2) is 36.4 Å². The summed E-state index contributed by atoms with van der Waals surface area (Å²) in [5, 5.41) is 8.82. The quantitative estimate of drug-likeness (QED) is 0.814. The molecule has 1 amide bonds. The van der Waals surface area contributed by atoms with Crippen molar-refractivity contribution >= 4 is 11.7 Å². The van der Waals surface area contributed by atoms with E-state index in [1.165, 1.54) is 19.3 Å². The second-order valence-corrected chi connectivity index (χ2v) is 7.65. The zero-order valence-corrected chi connectivity index (χ0v) is 16.5. The maximum Gasteiger partial charge on any atom is 0.225 e. The van der Waals surface area contributed by atoms with Crippen LogP contribution in [0.3, 0.4) is 0 Å². The summed E-state index contributed by atoms with van der Waals surface area (Å²) in [6, 6.07) is 11.8. The molecule has 6 nitrogen and oxygen atoms in total. The van der Waals surface area contributed by atoms with E-state index in [-0.39, 0.29) is 5.92 Å². The number of amides is 1. The number of nitrogens with zero attached hydrogens (tertiary/aromatic N) is 4. The van der Waals surface area contributed by atoms with E-state index in [1.807, 2.05) is 41.3 Å². The highest BCUT2D eigenvalue weighted by Crippen LogP contribution is 2.26. The molecule has 1 aliphatic heterocycles. The number of carbonyl (C=O) groups is 1. The minimum absolute atomic E-state index is 0.254. The van der Waals surface area contributed by atoms with E-state index in [0.717, 1.165) is 61.8 Å². The summed E-state index contributed by atoms with van der Waals surface area (Å²) in [4.78, 5) is 17.0. The van der Waals surface area contributed by atoms with Gasteiger partial charge in [-0.1, -0.05) is 19.3 Å². The maximum atomic E-state index is 12.7. The molecule has 2 heterocycles. The average molecular weight is 380 g/mol. The van der Waals surface area contributed by atoms with Gasteiger partial charge >= 0.3 is 0 Å². The van der Waals surface area contributed by atoms with Crippen molar-refractivity contribution in [2.45, 2.75) is 32.1 Å². The zero-order chi connectivity index (χ0) is 19.3. The molecular weight excluding hydrogens is 352 g/mol. The van der Waals surface area contributed by atoms with Gasteiger partial charge in [0.1, 0.15) is 5.75 Å². The van der Waals surface area contributed by atoms with Crippen molar-refractivity contribution in [3.63, 3.8) is 0 Å². The molecule has 1 saturated heterocycles. The summed E-state index contributed by atoms with van der Waals surface area (Å²) in [6.45, 7) is 3.18. The fourth-order valence-electron chi connectivity index (χ4n) is 4.17. The van der Waals surface area contributed by atoms with Crippen LogP contribution >= 0.6 is 0 Å². The molecular formula is C22H28N4O2. The summed E-state index contributed by atoms with van der Waals surface area (Å²) in [7, 11) is 1.66. The summed E-state index contributed by atoms with van der Waals surface area (Å²) in [5.41, 5.74) is 1.86. The summed E-state index contributed by atoms with van der Waals surface area (Å²) < 4.78 is 5.20. The molecule has 0 radical (unpaired) electrons. The van der Waals surface area contributed by atoms with E-state index in [2.05, 4.69) is 15.1 Å². The lowest BCUT2D eigenvalue weighted by atomic mass is 9.88. The average Bonchev–Trinajstić information content (AvgIpc) is 2.79. The monoisotopic (exact) mass is 380 g/mol. The van der Waals surface area contributed by atoms with Crippen molar-refractivity contribution in [1.82, 2.24) is 15.1 Å². The number of anilines is 1. The number of methoxy groups -OCH3 is 1. The van der Waals surface area contributed by atoms with Crippen LogP contribution in [-0.2, 0) is 4.79 Å². The van der Waals surface area contributed by atoms with Crippen LogP contribution in [0.4, 0.5) is 5.82 Å². The summed E-state index contributed by atoms with van der Waals surface area (Å²) >= 11 is 0. The third-order valence-electron chi connectivity index (χ3n) is 5.91. The van der Waals surface area contributed by atoms with E-state index < -0.39 is 0 Å². The molecule has 2 fully saturated rings. The molecule has 6 heteroatoms. The molecule has 1 saturated carbocycles. The molecule has 28 heavy (non-hydrogen) atoms. The Balaban J connectivity index is 1.34. The minimum atomic E-state index is 0.254. The first-order chi connectivity index (χ1) is 13.7. The van der Waals surface area contributed by atoms with Crippen LogP contribution in [0.1, 0.15) is 32.1 Å². The van der Waals surface area contributed by atoms with Gasteiger partial charge in [0.25, 0.3) is 0 Å². The Bertz CT molecular complexity index is 777. The van der Waals surface area contributed by atoms with E-state index in [0.29, 0.717) is 5.91 Å². The van der Waals surface area contributed by atoms with Gasteiger partial charge in [-0.3, -0.25) is 4.79 Å². The number of piperazine rings is 1. The first-order valence-electron chi connectivity index (χ1n) is 10.3. The van der Waals surface area contributed by atoms with E-state index in [4.69, 9.17) is 4.74 Å². The SMILES string of the molecule is COc1ccc(-c2ccc(N3CCN(C(=O)C4CCCCC4)CC3)nn2)cc1. The predicted octanol–water partition coefficient (Wildman–Crippen LogP) is 3.38. The molecule has 0 N–H and O–H groups in total. The molecule has 148 valence electrons. The van der Waals surface area contributed by atoms with E-state index in [1.54, 1.807) is 7.11 Å². The third kappa shape index (κ3) is 4.11. The molecule has 0 bridgehead atoms. The molecule has 1 aliphatic carbocycles. The fourth-order valence-corrected chi connectivity index (χ4v) is 4.17. The number of carbonyl (C=O) groups excluding carboxylic acids is 1. The Labute approximate surface area is 166 Å². The predicted molar refractivity (Wildman–Crippen MR) is 109 cm³/mol. The second kappa shape index (κ2) is 8.59. The molecule has 2 aromatic rings. The van der Waals surface area contributed by atoms with Gasteiger partial charge in [-0.15, -0.1) is 10.2 Å². The van der Waals surface area contributed by atoms with Gasteiger partial charge in [-0.25, -0.2) is 0 Å². The molecule has 1 aromatic heterocycles.